The molecule has 0 saturated carbocycles. The minimum Gasteiger partial charge on any atom is -0.394 e. The number of hydrogen-bond donors (Lipinski definition) is 3. The first-order chi connectivity index (χ1) is 9.20. The van der Waals surface area contributed by atoms with E-state index >= 15 is 0 Å². The number of hydrogen-bond acceptors (Lipinski definition) is 3. The molecule has 3 N–H and O–H groups in total. The maximum Gasteiger partial charge on any atom is 0.223 e. The van der Waals surface area contributed by atoms with Gasteiger partial charge in [0, 0.05) is 12.0 Å². The van der Waals surface area contributed by atoms with Gasteiger partial charge in [-0.05, 0) is 31.9 Å². The first kappa shape index (κ1) is 14.0. The second-order valence-corrected chi connectivity index (χ2v) is 5.23. The Kier molecular flexibility index (Phi) is 4.93. The van der Waals surface area contributed by atoms with E-state index in [0.717, 1.165) is 24.9 Å². The highest BCUT2D eigenvalue weighted by Gasteiger charge is 2.26. The molecule has 1 unspecified atom stereocenters. The SMILES string of the molecule is C[C@H]1C[C@@H](C(=O)NC(CO)c2ccccc2)CCN1. The highest BCUT2D eigenvalue weighted by molar-refractivity contribution is 5.79. The maximum atomic E-state index is 12.2. The van der Waals surface area contributed by atoms with Gasteiger partial charge < -0.3 is 15.7 Å². The summed E-state index contributed by atoms with van der Waals surface area (Å²) in [6, 6.07) is 9.67. The van der Waals surface area contributed by atoms with Crippen LogP contribution in [-0.4, -0.2) is 30.2 Å². The molecule has 1 fully saturated rings. The van der Waals surface area contributed by atoms with E-state index in [1.54, 1.807) is 0 Å². The molecule has 0 spiro atoms. The van der Waals surface area contributed by atoms with Crippen molar-refractivity contribution in [2.45, 2.75) is 31.8 Å². The van der Waals surface area contributed by atoms with Crippen molar-refractivity contribution in [3.05, 3.63) is 35.9 Å². The summed E-state index contributed by atoms with van der Waals surface area (Å²) < 4.78 is 0. The van der Waals surface area contributed by atoms with E-state index in [1.807, 2.05) is 30.3 Å². The van der Waals surface area contributed by atoms with Crippen molar-refractivity contribution in [3.63, 3.8) is 0 Å². The molecule has 4 nitrogen and oxygen atoms in total. The van der Waals surface area contributed by atoms with E-state index < -0.39 is 0 Å². The van der Waals surface area contributed by atoms with Gasteiger partial charge >= 0.3 is 0 Å². The number of amides is 1. The molecule has 0 bridgehead atoms. The lowest BCUT2D eigenvalue weighted by molar-refractivity contribution is -0.127. The molecule has 3 atom stereocenters. The molecule has 1 amide bonds. The van der Waals surface area contributed by atoms with Crippen LogP contribution in [0.2, 0.25) is 0 Å². The van der Waals surface area contributed by atoms with Crippen molar-refractivity contribution in [3.8, 4) is 0 Å². The Labute approximate surface area is 114 Å². The molecule has 0 aromatic heterocycles. The predicted octanol–water partition coefficient (Wildman–Crippen LogP) is 1.22. The number of piperidine rings is 1. The third-order valence-corrected chi connectivity index (χ3v) is 3.70. The molecule has 2 rings (SSSR count). The molecular formula is C15H22N2O2. The topological polar surface area (TPSA) is 61.4 Å². The fourth-order valence-corrected chi connectivity index (χ4v) is 2.58. The van der Waals surface area contributed by atoms with Crippen LogP contribution in [0.4, 0.5) is 0 Å². The third-order valence-electron chi connectivity index (χ3n) is 3.70. The van der Waals surface area contributed by atoms with Gasteiger partial charge in [-0.15, -0.1) is 0 Å². The molecule has 1 aliphatic heterocycles. The van der Waals surface area contributed by atoms with Crippen LogP contribution in [0.15, 0.2) is 30.3 Å². The summed E-state index contributed by atoms with van der Waals surface area (Å²) >= 11 is 0. The van der Waals surface area contributed by atoms with E-state index in [9.17, 15) is 9.90 Å². The van der Waals surface area contributed by atoms with Crippen molar-refractivity contribution >= 4 is 5.91 Å². The van der Waals surface area contributed by atoms with Gasteiger partial charge in [0.05, 0.1) is 12.6 Å². The third kappa shape index (κ3) is 3.78. The summed E-state index contributed by atoms with van der Waals surface area (Å²) in [4.78, 5) is 12.2. The fraction of sp³-hybridized carbons (Fsp3) is 0.533. The van der Waals surface area contributed by atoms with Gasteiger partial charge in [0.2, 0.25) is 5.91 Å². The van der Waals surface area contributed by atoms with Crippen LogP contribution in [0.25, 0.3) is 0 Å². The van der Waals surface area contributed by atoms with Crippen molar-refractivity contribution in [1.82, 2.24) is 10.6 Å². The second kappa shape index (κ2) is 6.68. The maximum absolute atomic E-state index is 12.2. The zero-order valence-corrected chi connectivity index (χ0v) is 11.3. The predicted molar refractivity (Wildman–Crippen MR) is 74.6 cm³/mol. The first-order valence-electron chi connectivity index (χ1n) is 6.90. The van der Waals surface area contributed by atoms with Gasteiger partial charge in [0.15, 0.2) is 0 Å². The number of carbonyl (C=O) groups is 1. The molecule has 1 saturated heterocycles. The first-order valence-corrected chi connectivity index (χ1v) is 6.90. The van der Waals surface area contributed by atoms with Crippen LogP contribution < -0.4 is 10.6 Å². The monoisotopic (exact) mass is 262 g/mol. The number of rotatable bonds is 4. The molecule has 0 aliphatic carbocycles. The quantitative estimate of drug-likeness (QED) is 0.764. The molecule has 4 heteroatoms. The van der Waals surface area contributed by atoms with Crippen molar-refractivity contribution in [2.24, 2.45) is 5.92 Å². The molecule has 0 radical (unpaired) electrons. The summed E-state index contributed by atoms with van der Waals surface area (Å²) in [6.07, 6.45) is 1.72. The van der Waals surface area contributed by atoms with Crippen LogP contribution in [-0.2, 0) is 4.79 Å². The van der Waals surface area contributed by atoms with E-state index in [1.165, 1.54) is 0 Å². The van der Waals surface area contributed by atoms with Gasteiger partial charge in [-0.25, -0.2) is 0 Å². The van der Waals surface area contributed by atoms with Crippen LogP contribution in [0, 0.1) is 5.92 Å². The number of aliphatic hydroxyl groups excluding tert-OH is 1. The molecule has 1 aromatic carbocycles. The molecule has 1 heterocycles. The summed E-state index contributed by atoms with van der Waals surface area (Å²) in [5, 5.41) is 15.7. The van der Waals surface area contributed by atoms with Crippen LogP contribution in [0.5, 0.6) is 0 Å². The summed E-state index contributed by atoms with van der Waals surface area (Å²) in [5.74, 6) is 0.102. The fourth-order valence-electron chi connectivity index (χ4n) is 2.58. The number of carbonyl (C=O) groups excluding carboxylic acids is 1. The van der Waals surface area contributed by atoms with E-state index in [0.29, 0.717) is 6.04 Å². The zero-order chi connectivity index (χ0) is 13.7. The van der Waals surface area contributed by atoms with Gasteiger partial charge in [-0.3, -0.25) is 4.79 Å². The smallest absolute Gasteiger partial charge is 0.223 e. The summed E-state index contributed by atoms with van der Waals surface area (Å²) in [7, 11) is 0. The number of aliphatic hydroxyl groups is 1. The van der Waals surface area contributed by atoms with Gasteiger partial charge in [0.25, 0.3) is 0 Å². The molecular weight excluding hydrogens is 240 g/mol. The van der Waals surface area contributed by atoms with Crippen LogP contribution >= 0.6 is 0 Å². The van der Waals surface area contributed by atoms with Crippen molar-refractivity contribution < 1.29 is 9.90 Å². The number of benzene rings is 1. The molecule has 104 valence electrons. The van der Waals surface area contributed by atoms with Gasteiger partial charge in [-0.1, -0.05) is 30.3 Å². The lowest BCUT2D eigenvalue weighted by atomic mass is 9.92. The van der Waals surface area contributed by atoms with Crippen LogP contribution in [0.1, 0.15) is 31.4 Å². The average molecular weight is 262 g/mol. The minimum atomic E-state index is -0.307. The molecule has 19 heavy (non-hydrogen) atoms. The zero-order valence-electron chi connectivity index (χ0n) is 11.3. The Morgan fingerprint density at radius 3 is 2.84 bits per heavy atom. The Morgan fingerprint density at radius 1 is 1.47 bits per heavy atom. The van der Waals surface area contributed by atoms with Gasteiger partial charge in [-0.2, -0.15) is 0 Å². The Bertz CT molecular complexity index is 408. The van der Waals surface area contributed by atoms with E-state index in [2.05, 4.69) is 17.6 Å². The summed E-state index contributed by atoms with van der Waals surface area (Å²) in [5.41, 5.74) is 0.945. The normalized spacial score (nSPS) is 24.7. The molecule has 1 aliphatic rings. The Hall–Kier alpha value is -1.39. The summed E-state index contributed by atoms with van der Waals surface area (Å²) in [6.45, 7) is 2.91. The van der Waals surface area contributed by atoms with E-state index in [4.69, 9.17) is 0 Å². The Morgan fingerprint density at radius 2 is 2.21 bits per heavy atom. The largest absolute Gasteiger partial charge is 0.394 e. The van der Waals surface area contributed by atoms with Crippen LogP contribution in [0.3, 0.4) is 0 Å². The van der Waals surface area contributed by atoms with Crippen molar-refractivity contribution in [1.29, 1.82) is 0 Å². The molecule has 1 aromatic rings. The lowest BCUT2D eigenvalue weighted by Crippen LogP contribution is -2.43. The van der Waals surface area contributed by atoms with Crippen molar-refractivity contribution in [2.75, 3.05) is 13.2 Å². The van der Waals surface area contributed by atoms with Gasteiger partial charge in [0.1, 0.15) is 0 Å². The standard InChI is InChI=1S/C15H22N2O2/c1-11-9-13(7-8-16-11)15(19)17-14(10-18)12-5-3-2-4-6-12/h2-6,11,13-14,16,18H,7-10H2,1H3,(H,17,19)/t11-,13-,14?/m0/s1. The highest BCUT2D eigenvalue weighted by Crippen LogP contribution is 2.18. The Balaban J connectivity index is 1.96. The average Bonchev–Trinajstić information content (AvgIpc) is 2.45. The number of nitrogens with one attached hydrogen (secondary N) is 2. The minimum absolute atomic E-state index is 0.0500. The second-order valence-electron chi connectivity index (χ2n) is 5.23. The highest BCUT2D eigenvalue weighted by atomic mass is 16.3. The lowest BCUT2D eigenvalue weighted by Gasteiger charge is -2.28. The van der Waals surface area contributed by atoms with E-state index in [-0.39, 0.29) is 24.5 Å².